The molecule has 0 bridgehead atoms. The molecule has 2 nitrogen and oxygen atoms in total. The molecular weight excluding hydrogens is 259 g/mol. The first-order valence-corrected chi connectivity index (χ1v) is 5.80. The summed E-state index contributed by atoms with van der Waals surface area (Å²) >= 11 is 3.33. The van der Waals surface area contributed by atoms with Crippen LogP contribution in [0.2, 0.25) is 0 Å². The van der Waals surface area contributed by atoms with Crippen molar-refractivity contribution in [3.8, 4) is 0 Å². The van der Waals surface area contributed by atoms with Crippen molar-refractivity contribution in [2.45, 2.75) is 12.8 Å². The summed E-state index contributed by atoms with van der Waals surface area (Å²) in [4.78, 5) is 1.91. The zero-order valence-electron chi connectivity index (χ0n) is 8.84. The first-order valence-electron chi connectivity index (χ1n) is 5.01. The van der Waals surface area contributed by atoms with Gasteiger partial charge < -0.3 is 10.6 Å². The van der Waals surface area contributed by atoms with E-state index in [1.165, 1.54) is 6.07 Å². The first-order chi connectivity index (χ1) is 7.15. The quantitative estimate of drug-likeness (QED) is 0.837. The van der Waals surface area contributed by atoms with Crippen LogP contribution in [0.1, 0.15) is 12.8 Å². The molecule has 0 saturated heterocycles. The SMILES string of the molecule is CN(CCCCN)c1cc(Br)ccc1F. The lowest BCUT2D eigenvalue weighted by Crippen LogP contribution is -2.20. The molecule has 1 aromatic rings. The maximum Gasteiger partial charge on any atom is 0.146 e. The van der Waals surface area contributed by atoms with E-state index in [2.05, 4.69) is 15.9 Å². The van der Waals surface area contributed by atoms with E-state index >= 15 is 0 Å². The third-order valence-electron chi connectivity index (χ3n) is 2.27. The number of anilines is 1. The number of hydrogen-bond donors (Lipinski definition) is 1. The minimum atomic E-state index is -0.187. The topological polar surface area (TPSA) is 29.3 Å². The van der Waals surface area contributed by atoms with Crippen molar-refractivity contribution in [2.24, 2.45) is 5.73 Å². The average molecular weight is 275 g/mol. The number of rotatable bonds is 5. The zero-order valence-corrected chi connectivity index (χ0v) is 10.4. The molecule has 15 heavy (non-hydrogen) atoms. The smallest absolute Gasteiger partial charge is 0.146 e. The Labute approximate surface area is 98.4 Å². The van der Waals surface area contributed by atoms with Crippen molar-refractivity contribution < 1.29 is 4.39 Å². The van der Waals surface area contributed by atoms with E-state index < -0.39 is 0 Å². The van der Waals surface area contributed by atoms with Crippen LogP contribution in [0, 0.1) is 5.82 Å². The molecule has 84 valence electrons. The second-order valence-electron chi connectivity index (χ2n) is 3.51. The van der Waals surface area contributed by atoms with Crippen molar-refractivity contribution in [1.29, 1.82) is 0 Å². The van der Waals surface area contributed by atoms with Crippen LogP contribution in [0.4, 0.5) is 10.1 Å². The molecule has 0 aliphatic carbocycles. The Balaban J connectivity index is 2.64. The van der Waals surface area contributed by atoms with E-state index in [-0.39, 0.29) is 5.82 Å². The van der Waals surface area contributed by atoms with E-state index in [1.807, 2.05) is 11.9 Å². The molecule has 1 rings (SSSR count). The highest BCUT2D eigenvalue weighted by atomic mass is 79.9. The number of benzene rings is 1. The largest absolute Gasteiger partial charge is 0.372 e. The molecule has 4 heteroatoms. The van der Waals surface area contributed by atoms with Gasteiger partial charge in [0.15, 0.2) is 0 Å². The van der Waals surface area contributed by atoms with E-state index in [0.29, 0.717) is 12.2 Å². The van der Waals surface area contributed by atoms with Crippen LogP contribution >= 0.6 is 15.9 Å². The summed E-state index contributed by atoms with van der Waals surface area (Å²) in [5.41, 5.74) is 6.03. The molecular formula is C11H16BrFN2. The molecule has 0 atom stereocenters. The van der Waals surface area contributed by atoms with Crippen molar-refractivity contribution in [1.82, 2.24) is 0 Å². The van der Waals surface area contributed by atoms with E-state index in [9.17, 15) is 4.39 Å². The zero-order chi connectivity index (χ0) is 11.3. The summed E-state index contributed by atoms with van der Waals surface area (Å²) < 4.78 is 14.3. The number of halogens is 2. The standard InChI is InChI=1S/C11H16BrFN2/c1-15(7-3-2-6-14)11-8-9(12)4-5-10(11)13/h4-5,8H,2-3,6-7,14H2,1H3. The van der Waals surface area contributed by atoms with E-state index in [0.717, 1.165) is 23.9 Å². The molecule has 0 saturated carbocycles. The lowest BCUT2D eigenvalue weighted by Gasteiger charge is -2.19. The van der Waals surface area contributed by atoms with Crippen LogP contribution in [0.5, 0.6) is 0 Å². The monoisotopic (exact) mass is 274 g/mol. The fourth-order valence-electron chi connectivity index (χ4n) is 1.39. The molecule has 0 unspecified atom stereocenters. The molecule has 2 N–H and O–H groups in total. The Bertz CT molecular complexity index is 317. The number of hydrogen-bond acceptors (Lipinski definition) is 2. The number of nitrogens with two attached hydrogens (primary N) is 1. The van der Waals surface area contributed by atoms with Gasteiger partial charge in [-0.2, -0.15) is 0 Å². The van der Waals surface area contributed by atoms with Gasteiger partial charge in [-0.05, 0) is 37.6 Å². The Kier molecular flexibility index (Phi) is 5.05. The minimum Gasteiger partial charge on any atom is -0.372 e. The van der Waals surface area contributed by atoms with Gasteiger partial charge >= 0.3 is 0 Å². The predicted octanol–water partition coefficient (Wildman–Crippen LogP) is 2.76. The number of unbranched alkanes of at least 4 members (excludes halogenated alkanes) is 1. The van der Waals surface area contributed by atoms with Crippen LogP contribution in [-0.2, 0) is 0 Å². The molecule has 0 amide bonds. The molecule has 0 aromatic heterocycles. The van der Waals surface area contributed by atoms with Crippen LogP contribution in [0.3, 0.4) is 0 Å². The van der Waals surface area contributed by atoms with Gasteiger partial charge in [0.1, 0.15) is 5.82 Å². The fraction of sp³-hybridized carbons (Fsp3) is 0.455. The Morgan fingerprint density at radius 2 is 2.13 bits per heavy atom. The summed E-state index contributed by atoms with van der Waals surface area (Å²) in [6.45, 7) is 1.51. The number of nitrogens with zero attached hydrogens (tertiary/aromatic N) is 1. The Morgan fingerprint density at radius 1 is 1.40 bits per heavy atom. The molecule has 0 spiro atoms. The molecule has 0 heterocycles. The van der Waals surface area contributed by atoms with Crippen molar-refractivity contribution in [3.63, 3.8) is 0 Å². The second kappa shape index (κ2) is 6.08. The normalized spacial score (nSPS) is 10.4. The fourth-order valence-corrected chi connectivity index (χ4v) is 1.74. The van der Waals surface area contributed by atoms with Gasteiger partial charge in [-0.3, -0.25) is 0 Å². The maximum atomic E-state index is 13.4. The Hall–Kier alpha value is -0.610. The van der Waals surface area contributed by atoms with Crippen LogP contribution in [0.15, 0.2) is 22.7 Å². The van der Waals surface area contributed by atoms with Crippen LogP contribution in [-0.4, -0.2) is 20.1 Å². The lowest BCUT2D eigenvalue weighted by atomic mass is 10.2. The Morgan fingerprint density at radius 3 is 2.80 bits per heavy atom. The van der Waals surface area contributed by atoms with Gasteiger partial charge in [-0.25, -0.2) is 4.39 Å². The molecule has 1 aromatic carbocycles. The highest BCUT2D eigenvalue weighted by Crippen LogP contribution is 2.23. The van der Waals surface area contributed by atoms with Gasteiger partial charge in [0.2, 0.25) is 0 Å². The van der Waals surface area contributed by atoms with Gasteiger partial charge in [0.25, 0.3) is 0 Å². The maximum absolute atomic E-state index is 13.4. The molecule has 0 fully saturated rings. The highest BCUT2D eigenvalue weighted by Gasteiger charge is 2.07. The van der Waals surface area contributed by atoms with Gasteiger partial charge in [0, 0.05) is 18.1 Å². The van der Waals surface area contributed by atoms with Crippen LogP contribution < -0.4 is 10.6 Å². The second-order valence-corrected chi connectivity index (χ2v) is 4.43. The van der Waals surface area contributed by atoms with Gasteiger partial charge in [-0.15, -0.1) is 0 Å². The summed E-state index contributed by atoms with van der Waals surface area (Å²) in [5, 5.41) is 0. The lowest BCUT2D eigenvalue weighted by molar-refractivity contribution is 0.618. The van der Waals surface area contributed by atoms with Crippen molar-refractivity contribution in [3.05, 3.63) is 28.5 Å². The average Bonchev–Trinajstić information content (AvgIpc) is 2.22. The minimum absolute atomic E-state index is 0.187. The summed E-state index contributed by atoms with van der Waals surface area (Å²) in [6.07, 6.45) is 1.96. The van der Waals surface area contributed by atoms with E-state index in [4.69, 9.17) is 5.73 Å². The van der Waals surface area contributed by atoms with E-state index in [1.54, 1.807) is 12.1 Å². The predicted molar refractivity (Wildman–Crippen MR) is 65.7 cm³/mol. The third-order valence-corrected chi connectivity index (χ3v) is 2.76. The van der Waals surface area contributed by atoms with Gasteiger partial charge in [0.05, 0.1) is 5.69 Å². The van der Waals surface area contributed by atoms with Crippen molar-refractivity contribution in [2.75, 3.05) is 25.0 Å². The molecule has 0 radical (unpaired) electrons. The first kappa shape index (κ1) is 12.5. The molecule has 0 aliphatic rings. The highest BCUT2D eigenvalue weighted by molar-refractivity contribution is 9.10. The molecule has 0 aliphatic heterocycles. The summed E-state index contributed by atoms with van der Waals surface area (Å²) in [6, 6.07) is 4.96. The van der Waals surface area contributed by atoms with Gasteiger partial charge in [-0.1, -0.05) is 15.9 Å². The van der Waals surface area contributed by atoms with Crippen molar-refractivity contribution >= 4 is 21.6 Å². The van der Waals surface area contributed by atoms with Crippen LogP contribution in [0.25, 0.3) is 0 Å². The summed E-state index contributed by atoms with van der Waals surface area (Å²) in [7, 11) is 1.89. The third kappa shape index (κ3) is 3.80. The summed E-state index contributed by atoms with van der Waals surface area (Å²) in [5.74, 6) is -0.187.